The molecule has 0 bridgehead atoms. The van der Waals surface area contributed by atoms with Crippen LogP contribution in [0.3, 0.4) is 0 Å². The fourth-order valence-corrected chi connectivity index (χ4v) is 6.71. The molecule has 0 aliphatic heterocycles. The van der Waals surface area contributed by atoms with E-state index in [-0.39, 0.29) is 29.7 Å². The minimum atomic E-state index is -4.17. The lowest BCUT2D eigenvalue weighted by Crippen LogP contribution is -2.53. The Balaban J connectivity index is 1.81. The molecule has 7 nitrogen and oxygen atoms in total. The average Bonchev–Trinajstić information content (AvgIpc) is 3.04. The Morgan fingerprint density at radius 2 is 1.42 bits per heavy atom. The second-order valence-corrected chi connectivity index (χ2v) is 13.6. The number of nitrogens with zero attached hydrogens (tertiary/aromatic N) is 2. The van der Waals surface area contributed by atoms with Crippen LogP contribution in [-0.4, -0.2) is 44.3 Å². The second kappa shape index (κ2) is 15.4. The van der Waals surface area contributed by atoms with E-state index < -0.39 is 28.5 Å². The molecule has 0 fully saturated rings. The number of carbonyl (C=O) groups is 2. The predicted molar refractivity (Wildman–Crippen MR) is 181 cm³/mol. The van der Waals surface area contributed by atoms with E-state index in [1.165, 1.54) is 17.0 Å². The van der Waals surface area contributed by atoms with Gasteiger partial charge in [-0.25, -0.2) is 8.42 Å². The smallest absolute Gasteiger partial charge is 0.264 e. The zero-order chi connectivity index (χ0) is 32.6. The first-order valence-electron chi connectivity index (χ1n) is 14.7. The summed E-state index contributed by atoms with van der Waals surface area (Å²) >= 11 is 12.5. The molecule has 0 aromatic heterocycles. The highest BCUT2D eigenvalue weighted by molar-refractivity contribution is 7.92. The molecule has 4 aromatic rings. The fraction of sp³-hybridized carbons (Fsp3) is 0.257. The Kier molecular flexibility index (Phi) is 11.7. The minimum Gasteiger partial charge on any atom is -0.355 e. The van der Waals surface area contributed by atoms with Crippen molar-refractivity contribution >= 4 is 50.7 Å². The summed E-state index contributed by atoms with van der Waals surface area (Å²) < 4.78 is 29.3. The normalized spacial score (nSPS) is 12.0. The van der Waals surface area contributed by atoms with E-state index in [2.05, 4.69) is 5.32 Å². The zero-order valence-electron chi connectivity index (χ0n) is 25.5. The summed E-state index contributed by atoms with van der Waals surface area (Å²) in [6, 6.07) is 28.6. The molecule has 0 aliphatic carbocycles. The fourth-order valence-electron chi connectivity index (χ4n) is 4.95. The number of hydrogen-bond acceptors (Lipinski definition) is 4. The Hall–Kier alpha value is -3.85. The van der Waals surface area contributed by atoms with Gasteiger partial charge in [-0.1, -0.05) is 104 Å². The van der Waals surface area contributed by atoms with Crippen molar-refractivity contribution in [1.29, 1.82) is 0 Å². The molecule has 0 saturated carbocycles. The van der Waals surface area contributed by atoms with Crippen molar-refractivity contribution in [2.75, 3.05) is 17.4 Å². The van der Waals surface area contributed by atoms with Crippen LogP contribution in [0.1, 0.15) is 43.4 Å². The van der Waals surface area contributed by atoms with Crippen molar-refractivity contribution < 1.29 is 18.0 Å². The van der Waals surface area contributed by atoms with Crippen molar-refractivity contribution in [2.24, 2.45) is 0 Å². The van der Waals surface area contributed by atoms with Gasteiger partial charge in [-0.15, -0.1) is 0 Å². The van der Waals surface area contributed by atoms with Crippen LogP contribution in [0.25, 0.3) is 0 Å². The summed E-state index contributed by atoms with van der Waals surface area (Å²) in [4.78, 5) is 29.5. The van der Waals surface area contributed by atoms with Crippen LogP contribution in [-0.2, 0) is 32.6 Å². The van der Waals surface area contributed by atoms with Gasteiger partial charge in [0.2, 0.25) is 11.8 Å². The first kappa shape index (κ1) is 34.0. The molecule has 45 heavy (non-hydrogen) atoms. The summed E-state index contributed by atoms with van der Waals surface area (Å²) in [5, 5.41) is 3.51. The molecule has 2 amide bonds. The maximum absolute atomic E-state index is 14.5. The van der Waals surface area contributed by atoms with Gasteiger partial charge in [0, 0.05) is 19.5 Å². The predicted octanol–water partition coefficient (Wildman–Crippen LogP) is 7.09. The molecule has 4 aromatic carbocycles. The van der Waals surface area contributed by atoms with Gasteiger partial charge in [-0.3, -0.25) is 13.9 Å². The third kappa shape index (κ3) is 8.66. The number of amides is 2. The third-order valence-corrected chi connectivity index (χ3v) is 9.94. The van der Waals surface area contributed by atoms with Crippen LogP contribution in [0.4, 0.5) is 5.69 Å². The van der Waals surface area contributed by atoms with Crippen molar-refractivity contribution in [1.82, 2.24) is 10.2 Å². The van der Waals surface area contributed by atoms with Crippen molar-refractivity contribution in [3.8, 4) is 0 Å². The van der Waals surface area contributed by atoms with Crippen LogP contribution in [0, 0.1) is 0 Å². The van der Waals surface area contributed by atoms with Crippen LogP contribution in [0.2, 0.25) is 10.0 Å². The zero-order valence-corrected chi connectivity index (χ0v) is 27.8. The van der Waals surface area contributed by atoms with Gasteiger partial charge in [-0.2, -0.15) is 0 Å². The van der Waals surface area contributed by atoms with E-state index in [0.717, 1.165) is 15.4 Å². The van der Waals surface area contributed by atoms with Gasteiger partial charge in [0.15, 0.2) is 0 Å². The topological polar surface area (TPSA) is 86.8 Å². The van der Waals surface area contributed by atoms with E-state index in [1.54, 1.807) is 55.5 Å². The number of hydrogen-bond donors (Lipinski definition) is 1. The van der Waals surface area contributed by atoms with Gasteiger partial charge in [0.1, 0.15) is 12.6 Å². The molecular formula is C35H37Cl2N3O4S. The quantitative estimate of drug-likeness (QED) is 0.165. The number of halogens is 2. The molecule has 1 atom stereocenters. The molecule has 0 spiro atoms. The van der Waals surface area contributed by atoms with Crippen LogP contribution in [0.5, 0.6) is 0 Å². The highest BCUT2D eigenvalue weighted by atomic mass is 35.5. The molecule has 1 N–H and O–H groups in total. The lowest BCUT2D eigenvalue weighted by Gasteiger charge is -2.34. The summed E-state index contributed by atoms with van der Waals surface area (Å²) in [7, 11) is -4.17. The van der Waals surface area contributed by atoms with Crippen LogP contribution < -0.4 is 9.62 Å². The first-order valence-corrected chi connectivity index (χ1v) is 16.9. The second-order valence-electron chi connectivity index (χ2n) is 10.9. The maximum Gasteiger partial charge on any atom is 0.264 e. The lowest BCUT2D eigenvalue weighted by molar-refractivity contribution is -0.140. The average molecular weight is 667 g/mol. The largest absolute Gasteiger partial charge is 0.355 e. The summed E-state index contributed by atoms with van der Waals surface area (Å²) in [6.07, 6.45) is 0.217. The Bertz CT molecular complexity index is 1700. The number of rotatable bonds is 13. The van der Waals surface area contributed by atoms with E-state index in [1.807, 2.05) is 56.3 Å². The SMILES string of the molecule is CCNC(=O)[C@@H](Cc1ccccc1)N(Cc1ccc(Cl)c(Cl)c1)C(=O)CN(c1ccc(C(C)C)cc1)S(=O)(=O)c1ccccc1. The van der Waals surface area contributed by atoms with E-state index in [0.29, 0.717) is 27.8 Å². The number of anilines is 1. The molecule has 0 aliphatic rings. The molecule has 0 unspecified atom stereocenters. The summed E-state index contributed by atoms with van der Waals surface area (Å²) in [5.41, 5.74) is 2.85. The minimum absolute atomic E-state index is 0.00410. The highest BCUT2D eigenvalue weighted by Gasteiger charge is 2.34. The Labute approximate surface area is 275 Å². The molecule has 4 rings (SSSR count). The first-order chi connectivity index (χ1) is 21.5. The third-order valence-electron chi connectivity index (χ3n) is 7.42. The van der Waals surface area contributed by atoms with E-state index in [4.69, 9.17) is 23.2 Å². The van der Waals surface area contributed by atoms with Gasteiger partial charge < -0.3 is 10.2 Å². The number of nitrogens with one attached hydrogen (secondary N) is 1. The molecule has 0 heterocycles. The summed E-state index contributed by atoms with van der Waals surface area (Å²) in [5.74, 6) is -0.674. The summed E-state index contributed by atoms with van der Waals surface area (Å²) in [6.45, 7) is 5.71. The molecule has 236 valence electrons. The highest BCUT2D eigenvalue weighted by Crippen LogP contribution is 2.28. The number of likely N-dealkylation sites (N-methyl/N-ethyl adjacent to an activating group) is 1. The van der Waals surface area contributed by atoms with Crippen LogP contribution in [0.15, 0.2) is 108 Å². The van der Waals surface area contributed by atoms with Crippen molar-refractivity contribution in [3.63, 3.8) is 0 Å². The number of carbonyl (C=O) groups excluding carboxylic acids is 2. The molecular weight excluding hydrogens is 629 g/mol. The van der Waals surface area contributed by atoms with Gasteiger partial charge in [0.25, 0.3) is 10.0 Å². The van der Waals surface area contributed by atoms with Gasteiger partial charge in [-0.05, 0) is 65.9 Å². The van der Waals surface area contributed by atoms with Crippen molar-refractivity contribution in [2.45, 2.75) is 50.6 Å². The Morgan fingerprint density at radius 3 is 2.00 bits per heavy atom. The monoisotopic (exact) mass is 665 g/mol. The lowest BCUT2D eigenvalue weighted by atomic mass is 10.0. The standard InChI is InChI=1S/C35H37Cl2N3O4S/c1-4-38-35(42)33(22-26-11-7-5-8-12-26)39(23-27-15-20-31(36)32(37)21-27)34(41)24-40(29-18-16-28(17-19-29)25(2)3)45(43,44)30-13-9-6-10-14-30/h5-21,25,33H,4,22-24H2,1-3H3,(H,38,42)/t33-/m1/s1. The van der Waals surface area contributed by atoms with E-state index >= 15 is 0 Å². The van der Waals surface area contributed by atoms with E-state index in [9.17, 15) is 18.0 Å². The van der Waals surface area contributed by atoms with Gasteiger partial charge >= 0.3 is 0 Å². The number of sulfonamides is 1. The Morgan fingerprint density at radius 1 is 0.800 bits per heavy atom. The van der Waals surface area contributed by atoms with Gasteiger partial charge in [0.05, 0.1) is 20.6 Å². The molecule has 0 saturated heterocycles. The maximum atomic E-state index is 14.5. The number of benzene rings is 4. The van der Waals surface area contributed by atoms with Crippen LogP contribution >= 0.6 is 23.2 Å². The van der Waals surface area contributed by atoms with Crippen molar-refractivity contribution in [3.05, 3.63) is 130 Å². The molecule has 0 radical (unpaired) electrons. The molecule has 10 heteroatoms.